The molecule has 0 amide bonds. The number of hydrogen-bond acceptors (Lipinski definition) is 7. The van der Waals surface area contributed by atoms with Crippen molar-refractivity contribution in [3.8, 4) is 11.1 Å². The number of hydrogen-bond donors (Lipinski definition) is 4. The Bertz CT molecular complexity index is 1120. The third kappa shape index (κ3) is 4.90. The van der Waals surface area contributed by atoms with E-state index in [2.05, 4.69) is 12.6 Å². The van der Waals surface area contributed by atoms with Gasteiger partial charge in [0.05, 0.1) is 4.90 Å². The molecule has 0 bridgehead atoms. The van der Waals surface area contributed by atoms with Crippen LogP contribution in [0.3, 0.4) is 0 Å². The summed E-state index contributed by atoms with van der Waals surface area (Å²) in [6.07, 6.45) is 0. The van der Waals surface area contributed by atoms with Gasteiger partial charge in [0.15, 0.2) is 0 Å². The van der Waals surface area contributed by atoms with Crippen molar-refractivity contribution in [2.45, 2.75) is 19.6 Å². The molecule has 0 aliphatic rings. The average molecular weight is 492 g/mol. The zero-order valence-corrected chi connectivity index (χ0v) is 18.9. The van der Waals surface area contributed by atoms with E-state index in [-0.39, 0.29) is 29.9 Å². The largest absolute Gasteiger partial charge is 0.295 e. The van der Waals surface area contributed by atoms with Crippen molar-refractivity contribution in [2.75, 3.05) is 0 Å². The molecule has 0 atom stereocenters. The molecule has 0 aliphatic heterocycles. The molecule has 14 heteroatoms. The molecule has 0 fully saturated rings. The molecule has 0 radical (unpaired) electrons. The van der Waals surface area contributed by atoms with Gasteiger partial charge in [0.25, 0.3) is 30.4 Å². The first-order valence-electron chi connectivity index (χ1n) is 6.12. The van der Waals surface area contributed by atoms with Crippen molar-refractivity contribution in [2.24, 2.45) is 0 Å². The number of thiol groups is 1. The first-order valence-corrected chi connectivity index (χ1v) is 10.9. The van der Waals surface area contributed by atoms with Gasteiger partial charge in [-0.2, -0.15) is 25.3 Å². The van der Waals surface area contributed by atoms with Crippen LogP contribution in [0, 0.1) is 0 Å². The third-order valence-corrected chi connectivity index (χ3v) is 6.04. The van der Waals surface area contributed by atoms with Crippen LogP contribution in [-0.4, -0.2) is 38.9 Å². The fraction of sp³-hybridized carbons (Fsp3) is 0. The quantitative estimate of drug-likeness (QED) is 0.281. The van der Waals surface area contributed by atoms with Crippen LogP contribution in [0.15, 0.2) is 56.0 Å². The summed E-state index contributed by atoms with van der Waals surface area (Å²) in [6.45, 7) is 0. The van der Waals surface area contributed by atoms with E-state index in [0.29, 0.717) is 12.1 Å². The Morgan fingerprint density at radius 2 is 1.15 bits per heavy atom. The van der Waals surface area contributed by atoms with E-state index in [4.69, 9.17) is 4.55 Å². The van der Waals surface area contributed by atoms with Crippen molar-refractivity contribution >= 4 is 43.0 Å². The molecular formula is C12H10O9S4Zn. The van der Waals surface area contributed by atoms with Crippen LogP contribution in [0.2, 0.25) is 0 Å². The molecule has 0 aliphatic carbocycles. The molecule has 0 spiro atoms. The minimum absolute atomic E-state index is 0. The van der Waals surface area contributed by atoms with Crippen LogP contribution < -0.4 is 0 Å². The number of benzene rings is 2. The molecule has 26 heavy (non-hydrogen) atoms. The van der Waals surface area contributed by atoms with Gasteiger partial charge in [0, 0.05) is 29.9 Å². The summed E-state index contributed by atoms with van der Waals surface area (Å²) < 4.78 is 97.2. The summed E-state index contributed by atoms with van der Waals surface area (Å²) in [5.41, 5.74) is -0.809. The van der Waals surface area contributed by atoms with Gasteiger partial charge in [0.2, 0.25) is 0 Å². The number of rotatable bonds is 4. The first kappa shape index (κ1) is 23.2. The second-order valence-corrected chi connectivity index (χ2v) is 9.42. The maximum Gasteiger partial charge on any atom is 0.295 e. The fourth-order valence-electron chi connectivity index (χ4n) is 2.07. The maximum atomic E-state index is 11.7. The van der Waals surface area contributed by atoms with E-state index in [1.807, 2.05) is 0 Å². The molecule has 0 heterocycles. The molecule has 2 rings (SSSR count). The van der Waals surface area contributed by atoms with Crippen molar-refractivity contribution in [1.29, 1.82) is 0 Å². The summed E-state index contributed by atoms with van der Waals surface area (Å²) in [4.78, 5) is -3.35. The zero-order chi connectivity index (χ0) is 19.2. The van der Waals surface area contributed by atoms with Crippen LogP contribution in [0.25, 0.3) is 11.1 Å². The molecule has 0 aromatic heterocycles. The van der Waals surface area contributed by atoms with E-state index >= 15 is 0 Å². The predicted octanol–water partition coefficient (Wildman–Crippen LogP) is 1.38. The van der Waals surface area contributed by atoms with Gasteiger partial charge in [-0.05, 0) is 23.8 Å². The molecule has 0 saturated heterocycles. The molecule has 9 nitrogen and oxygen atoms in total. The SMILES string of the molecule is O=S(=O)(O)c1cc(S(=O)(=O)O)c(-c2ccccc2S)c(S(=O)(=O)O)c1.[Zn]. The van der Waals surface area contributed by atoms with Crippen molar-refractivity contribution < 1.29 is 58.4 Å². The standard InChI is InChI=1S/C12H10O9S4.Zn/c13-23(14,15)7-5-10(24(16,17)18)12(11(6-7)25(19,20)21)8-3-1-2-4-9(8)22;/h1-6,22H,(H,13,14,15)(H,16,17,18)(H,19,20,21);. The summed E-state index contributed by atoms with van der Waals surface area (Å²) in [6, 6.07) is 6.25. The zero-order valence-electron chi connectivity index (χ0n) is 12.6. The monoisotopic (exact) mass is 490 g/mol. The summed E-state index contributed by atoms with van der Waals surface area (Å²) in [7, 11) is -15.3. The Morgan fingerprint density at radius 1 is 0.731 bits per heavy atom. The van der Waals surface area contributed by atoms with Crippen LogP contribution >= 0.6 is 12.6 Å². The van der Waals surface area contributed by atoms with E-state index in [1.54, 1.807) is 0 Å². The van der Waals surface area contributed by atoms with Crippen molar-refractivity contribution in [3.63, 3.8) is 0 Å². The van der Waals surface area contributed by atoms with Gasteiger partial charge in [0.1, 0.15) is 9.79 Å². The second kappa shape index (κ2) is 7.64. The molecule has 2 aromatic carbocycles. The topological polar surface area (TPSA) is 163 Å². The van der Waals surface area contributed by atoms with Crippen molar-refractivity contribution in [3.05, 3.63) is 36.4 Å². The molecular weight excluding hydrogens is 482 g/mol. The first-order chi connectivity index (χ1) is 11.2. The minimum Gasteiger partial charge on any atom is -0.282 e. The van der Waals surface area contributed by atoms with E-state index in [0.717, 1.165) is 0 Å². The molecule has 3 N–H and O–H groups in total. The van der Waals surface area contributed by atoms with Crippen LogP contribution in [0.5, 0.6) is 0 Å². The molecule has 0 unspecified atom stereocenters. The second-order valence-electron chi connectivity index (χ2n) is 4.74. The molecule has 0 saturated carbocycles. The Kier molecular flexibility index (Phi) is 6.81. The minimum atomic E-state index is -5.15. The smallest absolute Gasteiger partial charge is 0.282 e. The normalized spacial score (nSPS) is 12.5. The van der Waals surface area contributed by atoms with E-state index < -0.39 is 50.6 Å². The van der Waals surface area contributed by atoms with Crippen LogP contribution in [0.4, 0.5) is 0 Å². The van der Waals surface area contributed by atoms with Gasteiger partial charge >= 0.3 is 0 Å². The van der Waals surface area contributed by atoms with E-state index in [1.165, 1.54) is 24.3 Å². The van der Waals surface area contributed by atoms with E-state index in [9.17, 15) is 34.4 Å². The van der Waals surface area contributed by atoms with Gasteiger partial charge in [-0.25, -0.2) is 0 Å². The Labute approximate surface area is 167 Å². The summed E-state index contributed by atoms with van der Waals surface area (Å²) in [5, 5.41) is 0. The maximum absolute atomic E-state index is 11.7. The van der Waals surface area contributed by atoms with Gasteiger partial charge in [-0.15, -0.1) is 12.6 Å². The van der Waals surface area contributed by atoms with Gasteiger partial charge in [-0.3, -0.25) is 13.7 Å². The Balaban J connectivity index is 0.00000338. The average Bonchev–Trinajstić information content (AvgIpc) is 2.43. The Morgan fingerprint density at radius 3 is 1.50 bits per heavy atom. The predicted molar refractivity (Wildman–Crippen MR) is 88.6 cm³/mol. The third-order valence-electron chi connectivity index (χ3n) is 3.07. The fourth-order valence-corrected chi connectivity index (χ4v) is 4.60. The van der Waals surface area contributed by atoms with Crippen LogP contribution in [-0.2, 0) is 49.8 Å². The van der Waals surface area contributed by atoms with Crippen molar-refractivity contribution in [1.82, 2.24) is 0 Å². The van der Waals surface area contributed by atoms with Gasteiger partial charge in [-0.1, -0.05) is 18.2 Å². The molecule has 2 aromatic rings. The summed E-state index contributed by atoms with van der Waals surface area (Å²) in [5.74, 6) is 0. The van der Waals surface area contributed by atoms with Crippen LogP contribution in [0.1, 0.15) is 0 Å². The molecule has 138 valence electrons. The van der Waals surface area contributed by atoms with Gasteiger partial charge < -0.3 is 0 Å². The summed E-state index contributed by atoms with van der Waals surface area (Å²) >= 11 is 4.06. The Hall–Kier alpha value is -0.857.